The van der Waals surface area contributed by atoms with Crippen molar-refractivity contribution in [1.29, 1.82) is 0 Å². The average molecular weight is 241 g/mol. The maximum atomic E-state index is 4.30. The van der Waals surface area contributed by atoms with Gasteiger partial charge in [0.25, 0.3) is 0 Å². The van der Waals surface area contributed by atoms with Crippen LogP contribution in [0.5, 0.6) is 0 Å². The number of pyridine rings is 1. The lowest BCUT2D eigenvalue weighted by molar-refractivity contribution is 0.644. The van der Waals surface area contributed by atoms with Crippen molar-refractivity contribution in [1.82, 2.24) is 10.3 Å². The predicted octanol–water partition coefficient (Wildman–Crippen LogP) is 2.58. The summed E-state index contributed by atoms with van der Waals surface area (Å²) < 4.78 is 0.953. The SMILES string of the molecule is Cc1cc([C@@H]2CCCN2)cnc1Br. The summed E-state index contributed by atoms with van der Waals surface area (Å²) in [5.41, 5.74) is 2.53. The van der Waals surface area contributed by atoms with Crippen LogP contribution in [0.4, 0.5) is 0 Å². The number of rotatable bonds is 1. The minimum absolute atomic E-state index is 0.527. The summed E-state index contributed by atoms with van der Waals surface area (Å²) in [6, 6.07) is 2.74. The van der Waals surface area contributed by atoms with Gasteiger partial charge in [-0.1, -0.05) is 6.07 Å². The lowest BCUT2D eigenvalue weighted by Gasteiger charge is -2.10. The van der Waals surface area contributed by atoms with E-state index in [-0.39, 0.29) is 0 Å². The summed E-state index contributed by atoms with van der Waals surface area (Å²) in [5, 5.41) is 3.46. The highest BCUT2D eigenvalue weighted by atomic mass is 79.9. The van der Waals surface area contributed by atoms with E-state index in [4.69, 9.17) is 0 Å². The molecule has 0 aromatic carbocycles. The van der Waals surface area contributed by atoms with E-state index in [9.17, 15) is 0 Å². The van der Waals surface area contributed by atoms with E-state index in [1.54, 1.807) is 0 Å². The Morgan fingerprint density at radius 1 is 1.62 bits per heavy atom. The molecule has 13 heavy (non-hydrogen) atoms. The zero-order chi connectivity index (χ0) is 9.26. The number of hydrogen-bond donors (Lipinski definition) is 1. The number of hydrogen-bond acceptors (Lipinski definition) is 2. The predicted molar refractivity (Wildman–Crippen MR) is 56.7 cm³/mol. The van der Waals surface area contributed by atoms with E-state index in [1.807, 2.05) is 6.20 Å². The van der Waals surface area contributed by atoms with Crippen LogP contribution in [-0.4, -0.2) is 11.5 Å². The number of halogens is 1. The molecule has 2 heterocycles. The molecule has 2 rings (SSSR count). The van der Waals surface area contributed by atoms with Gasteiger partial charge in [-0.05, 0) is 53.4 Å². The number of aryl methyl sites for hydroxylation is 1. The molecule has 3 heteroatoms. The van der Waals surface area contributed by atoms with Gasteiger partial charge in [0.2, 0.25) is 0 Å². The third-order valence-electron chi connectivity index (χ3n) is 2.50. The molecule has 70 valence electrons. The molecule has 1 aliphatic rings. The van der Waals surface area contributed by atoms with E-state index in [0.29, 0.717) is 6.04 Å². The molecule has 1 aromatic heterocycles. The second-order valence-corrected chi connectivity index (χ2v) is 4.28. The summed E-state index contributed by atoms with van der Waals surface area (Å²) in [7, 11) is 0. The van der Waals surface area contributed by atoms with E-state index in [2.05, 4.69) is 39.2 Å². The van der Waals surface area contributed by atoms with E-state index in [0.717, 1.165) is 11.1 Å². The average Bonchev–Trinajstić information content (AvgIpc) is 2.62. The smallest absolute Gasteiger partial charge is 0.108 e. The zero-order valence-corrected chi connectivity index (χ0v) is 9.26. The standard InChI is InChI=1S/C10H13BrN2/c1-7-5-8(6-13-10(7)11)9-3-2-4-12-9/h5-6,9,12H,2-4H2,1H3/t9-/m0/s1. The first-order valence-electron chi connectivity index (χ1n) is 4.63. The number of nitrogens with one attached hydrogen (secondary N) is 1. The molecule has 1 saturated heterocycles. The van der Waals surface area contributed by atoms with Crippen LogP contribution >= 0.6 is 15.9 Å². The van der Waals surface area contributed by atoms with Gasteiger partial charge in [-0.3, -0.25) is 0 Å². The minimum Gasteiger partial charge on any atom is -0.310 e. The van der Waals surface area contributed by atoms with Crippen molar-refractivity contribution in [2.75, 3.05) is 6.54 Å². The summed E-state index contributed by atoms with van der Waals surface area (Å²) >= 11 is 3.41. The van der Waals surface area contributed by atoms with Crippen LogP contribution in [0, 0.1) is 6.92 Å². The van der Waals surface area contributed by atoms with Crippen LogP contribution in [0.3, 0.4) is 0 Å². The molecule has 0 radical (unpaired) electrons. The highest BCUT2D eigenvalue weighted by Gasteiger charge is 2.16. The van der Waals surface area contributed by atoms with Crippen molar-refractivity contribution in [3.8, 4) is 0 Å². The molecular formula is C10H13BrN2. The fourth-order valence-electron chi connectivity index (χ4n) is 1.74. The largest absolute Gasteiger partial charge is 0.310 e. The van der Waals surface area contributed by atoms with Crippen LogP contribution in [0.1, 0.15) is 30.0 Å². The Labute approximate surface area is 86.9 Å². The molecule has 1 atom stereocenters. The maximum Gasteiger partial charge on any atom is 0.108 e. The van der Waals surface area contributed by atoms with Crippen molar-refractivity contribution >= 4 is 15.9 Å². The van der Waals surface area contributed by atoms with Crippen molar-refractivity contribution in [2.24, 2.45) is 0 Å². The summed E-state index contributed by atoms with van der Waals surface area (Å²) in [4.78, 5) is 4.30. The molecule has 1 aromatic rings. The Morgan fingerprint density at radius 2 is 2.46 bits per heavy atom. The van der Waals surface area contributed by atoms with E-state index < -0.39 is 0 Å². The minimum atomic E-state index is 0.527. The van der Waals surface area contributed by atoms with Gasteiger partial charge >= 0.3 is 0 Å². The molecule has 0 aliphatic carbocycles. The second kappa shape index (κ2) is 3.76. The van der Waals surface area contributed by atoms with Crippen LogP contribution in [0.25, 0.3) is 0 Å². The Balaban J connectivity index is 2.25. The molecule has 2 nitrogen and oxygen atoms in total. The van der Waals surface area contributed by atoms with Gasteiger partial charge in [-0.25, -0.2) is 4.98 Å². The number of aromatic nitrogens is 1. The Bertz CT molecular complexity index is 306. The van der Waals surface area contributed by atoms with Crippen LogP contribution < -0.4 is 5.32 Å². The second-order valence-electron chi connectivity index (χ2n) is 3.53. The molecule has 1 aliphatic heterocycles. The van der Waals surface area contributed by atoms with Crippen molar-refractivity contribution < 1.29 is 0 Å². The van der Waals surface area contributed by atoms with E-state index in [1.165, 1.54) is 24.0 Å². The van der Waals surface area contributed by atoms with E-state index >= 15 is 0 Å². The van der Waals surface area contributed by atoms with Crippen LogP contribution in [0.2, 0.25) is 0 Å². The first-order chi connectivity index (χ1) is 6.27. The van der Waals surface area contributed by atoms with Crippen LogP contribution in [-0.2, 0) is 0 Å². The number of nitrogens with zero attached hydrogens (tertiary/aromatic N) is 1. The topological polar surface area (TPSA) is 24.9 Å². The van der Waals surface area contributed by atoms with Gasteiger partial charge in [0.1, 0.15) is 4.60 Å². The zero-order valence-electron chi connectivity index (χ0n) is 7.68. The first-order valence-corrected chi connectivity index (χ1v) is 5.42. The molecule has 0 spiro atoms. The molecule has 1 fully saturated rings. The first kappa shape index (κ1) is 9.16. The Kier molecular flexibility index (Phi) is 2.65. The van der Waals surface area contributed by atoms with Crippen molar-refractivity contribution in [3.63, 3.8) is 0 Å². The van der Waals surface area contributed by atoms with Crippen molar-refractivity contribution in [3.05, 3.63) is 28.0 Å². The lowest BCUT2D eigenvalue weighted by atomic mass is 10.1. The van der Waals surface area contributed by atoms with Gasteiger partial charge in [0.05, 0.1) is 0 Å². The third kappa shape index (κ3) is 1.92. The molecule has 0 unspecified atom stereocenters. The van der Waals surface area contributed by atoms with Gasteiger partial charge in [0, 0.05) is 12.2 Å². The summed E-state index contributed by atoms with van der Waals surface area (Å²) in [6.45, 7) is 3.22. The van der Waals surface area contributed by atoms with Gasteiger partial charge < -0.3 is 5.32 Å². The Hall–Kier alpha value is -0.410. The molecule has 1 N–H and O–H groups in total. The highest BCUT2D eigenvalue weighted by Crippen LogP contribution is 2.24. The fourth-order valence-corrected chi connectivity index (χ4v) is 1.96. The fraction of sp³-hybridized carbons (Fsp3) is 0.500. The molecule has 0 bridgehead atoms. The molecular weight excluding hydrogens is 228 g/mol. The third-order valence-corrected chi connectivity index (χ3v) is 3.33. The van der Waals surface area contributed by atoms with Crippen molar-refractivity contribution in [2.45, 2.75) is 25.8 Å². The van der Waals surface area contributed by atoms with Gasteiger partial charge in [0.15, 0.2) is 0 Å². The lowest BCUT2D eigenvalue weighted by Crippen LogP contribution is -2.13. The monoisotopic (exact) mass is 240 g/mol. The molecule has 0 saturated carbocycles. The highest BCUT2D eigenvalue weighted by molar-refractivity contribution is 9.10. The quantitative estimate of drug-likeness (QED) is 0.764. The Morgan fingerprint density at radius 3 is 3.08 bits per heavy atom. The molecule has 0 amide bonds. The van der Waals surface area contributed by atoms with Crippen LogP contribution in [0.15, 0.2) is 16.9 Å². The normalized spacial score (nSPS) is 22.2. The maximum absolute atomic E-state index is 4.30. The summed E-state index contributed by atoms with van der Waals surface area (Å²) in [6.07, 6.45) is 4.47. The van der Waals surface area contributed by atoms with Gasteiger partial charge in [-0.15, -0.1) is 0 Å². The summed E-state index contributed by atoms with van der Waals surface area (Å²) in [5.74, 6) is 0. The van der Waals surface area contributed by atoms with Gasteiger partial charge in [-0.2, -0.15) is 0 Å².